The van der Waals surface area contributed by atoms with Gasteiger partial charge in [0.15, 0.2) is 18.1 Å². The molecule has 2 N–H and O–H groups in total. The summed E-state index contributed by atoms with van der Waals surface area (Å²) < 4.78 is 32.6. The zero-order valence-corrected chi connectivity index (χ0v) is 23.4. The summed E-state index contributed by atoms with van der Waals surface area (Å²) >= 11 is 0. The molecule has 4 aromatic rings. The molecule has 0 fully saturated rings. The Morgan fingerprint density at radius 1 is 0.800 bits per heavy atom. The maximum absolute atomic E-state index is 12.9. The number of rotatable bonds is 10. The lowest BCUT2D eigenvalue weighted by Crippen LogP contribution is -2.21. The third-order valence-corrected chi connectivity index (χ3v) is 6.23. The molecule has 0 atom stereocenters. The molecule has 11 nitrogen and oxygen atoms in total. The fourth-order valence-electron chi connectivity index (χ4n) is 4.43. The summed E-state index contributed by atoms with van der Waals surface area (Å²) in [5.74, 6) is 2.70. The molecule has 0 radical (unpaired) electrons. The Kier molecular flexibility index (Phi) is 8.32. The van der Waals surface area contributed by atoms with E-state index in [1.807, 2.05) is 26.0 Å². The minimum Gasteiger partial charge on any atom is -0.497 e. The highest BCUT2D eigenvalue weighted by atomic mass is 16.5. The van der Waals surface area contributed by atoms with Crippen molar-refractivity contribution in [2.24, 2.45) is 0 Å². The predicted molar refractivity (Wildman–Crippen MR) is 151 cm³/mol. The van der Waals surface area contributed by atoms with E-state index in [0.29, 0.717) is 62.5 Å². The second kappa shape index (κ2) is 11.9. The van der Waals surface area contributed by atoms with Gasteiger partial charge in [0.25, 0.3) is 11.5 Å². The van der Waals surface area contributed by atoms with Gasteiger partial charge in [-0.3, -0.25) is 9.59 Å². The van der Waals surface area contributed by atoms with Crippen molar-refractivity contribution in [1.82, 2.24) is 9.97 Å². The van der Waals surface area contributed by atoms with Crippen LogP contribution in [0.5, 0.6) is 34.5 Å². The fourth-order valence-corrected chi connectivity index (χ4v) is 4.43. The minimum absolute atomic E-state index is 0.234. The number of aromatic amines is 1. The lowest BCUT2D eigenvalue weighted by atomic mass is 10.0. The number of hydrogen-bond acceptors (Lipinski definition) is 9. The Balaban J connectivity index is 1.56. The number of anilines is 1. The molecule has 0 unspecified atom stereocenters. The lowest BCUT2D eigenvalue weighted by Gasteiger charge is -2.16. The van der Waals surface area contributed by atoms with Crippen molar-refractivity contribution < 1.29 is 33.2 Å². The number of carbonyl (C=O) groups excluding carboxylic acids is 1. The molecule has 1 amide bonds. The highest BCUT2D eigenvalue weighted by Gasteiger charge is 2.17. The zero-order valence-electron chi connectivity index (χ0n) is 23.4. The Morgan fingerprint density at radius 2 is 1.43 bits per heavy atom. The van der Waals surface area contributed by atoms with Gasteiger partial charge >= 0.3 is 0 Å². The summed E-state index contributed by atoms with van der Waals surface area (Å²) in [6, 6.07) is 10.2. The molecule has 40 heavy (non-hydrogen) atoms. The molecule has 0 spiro atoms. The molecular formula is C29H31N3O8. The first-order valence-electron chi connectivity index (χ1n) is 12.2. The topological polar surface area (TPSA) is 130 Å². The maximum atomic E-state index is 12.9. The smallest absolute Gasteiger partial charge is 0.262 e. The lowest BCUT2D eigenvalue weighted by molar-refractivity contribution is -0.118. The van der Waals surface area contributed by atoms with Gasteiger partial charge in [0.1, 0.15) is 28.5 Å². The summed E-state index contributed by atoms with van der Waals surface area (Å²) in [5.41, 5.74) is 2.78. The van der Waals surface area contributed by atoms with E-state index >= 15 is 0 Å². The zero-order chi connectivity index (χ0) is 29.0. The van der Waals surface area contributed by atoms with E-state index in [0.717, 1.165) is 11.1 Å². The Hall–Kier alpha value is -4.93. The largest absolute Gasteiger partial charge is 0.497 e. The average Bonchev–Trinajstić information content (AvgIpc) is 2.95. The van der Waals surface area contributed by atoms with Gasteiger partial charge in [0.05, 0.1) is 41.1 Å². The van der Waals surface area contributed by atoms with Crippen molar-refractivity contribution in [3.8, 4) is 45.9 Å². The average molecular weight is 550 g/mol. The van der Waals surface area contributed by atoms with Crippen LogP contribution in [0.3, 0.4) is 0 Å². The molecule has 3 aromatic carbocycles. The molecular weight excluding hydrogens is 518 g/mol. The Morgan fingerprint density at radius 3 is 1.98 bits per heavy atom. The van der Waals surface area contributed by atoms with Crippen LogP contribution in [0.2, 0.25) is 0 Å². The number of nitrogens with zero attached hydrogens (tertiary/aromatic N) is 1. The number of ether oxygens (including phenoxy) is 6. The van der Waals surface area contributed by atoms with Crippen LogP contribution in [0.25, 0.3) is 22.3 Å². The number of amides is 1. The summed E-state index contributed by atoms with van der Waals surface area (Å²) in [6.07, 6.45) is 0. The molecule has 210 valence electrons. The van der Waals surface area contributed by atoms with Crippen LogP contribution >= 0.6 is 0 Å². The predicted octanol–water partition coefficient (Wildman–Crippen LogP) is 4.27. The monoisotopic (exact) mass is 549 g/mol. The van der Waals surface area contributed by atoms with Gasteiger partial charge in [-0.05, 0) is 37.1 Å². The molecule has 1 aromatic heterocycles. The van der Waals surface area contributed by atoms with Crippen LogP contribution in [0.4, 0.5) is 5.69 Å². The highest BCUT2D eigenvalue weighted by Crippen LogP contribution is 2.40. The van der Waals surface area contributed by atoms with Crippen molar-refractivity contribution in [3.05, 3.63) is 57.9 Å². The van der Waals surface area contributed by atoms with E-state index in [1.165, 1.54) is 35.5 Å². The van der Waals surface area contributed by atoms with E-state index in [-0.39, 0.29) is 18.1 Å². The molecule has 0 aliphatic rings. The van der Waals surface area contributed by atoms with Crippen molar-refractivity contribution in [2.75, 3.05) is 47.5 Å². The summed E-state index contributed by atoms with van der Waals surface area (Å²) in [4.78, 5) is 33.1. The van der Waals surface area contributed by atoms with E-state index in [9.17, 15) is 9.59 Å². The molecule has 0 bridgehead atoms. The van der Waals surface area contributed by atoms with Gasteiger partial charge in [-0.25, -0.2) is 4.98 Å². The van der Waals surface area contributed by atoms with Crippen molar-refractivity contribution >= 4 is 22.5 Å². The summed E-state index contributed by atoms with van der Waals surface area (Å²) in [5, 5.41) is 3.11. The van der Waals surface area contributed by atoms with Gasteiger partial charge in [-0.15, -0.1) is 0 Å². The van der Waals surface area contributed by atoms with Gasteiger partial charge in [-0.1, -0.05) is 0 Å². The van der Waals surface area contributed by atoms with Crippen molar-refractivity contribution in [2.45, 2.75) is 13.8 Å². The van der Waals surface area contributed by atoms with Crippen LogP contribution in [0, 0.1) is 13.8 Å². The molecule has 0 saturated heterocycles. The van der Waals surface area contributed by atoms with Crippen LogP contribution in [-0.4, -0.2) is 58.0 Å². The highest BCUT2D eigenvalue weighted by molar-refractivity contribution is 5.93. The van der Waals surface area contributed by atoms with Crippen LogP contribution < -0.4 is 39.3 Å². The maximum Gasteiger partial charge on any atom is 0.262 e. The van der Waals surface area contributed by atoms with Crippen molar-refractivity contribution in [1.29, 1.82) is 0 Å². The standard InChI is InChI=1S/C29H31N3O8/c1-15-8-17(28-31-20-12-19(35-3)13-21(36-4)25(20)29(34)32-28)9-16(2)26(15)40-14-24(33)30-18-10-22(37-5)27(39-7)23(11-18)38-6/h8-13H,14H2,1-7H3,(H,30,33)(H,31,32,34). The first-order valence-corrected chi connectivity index (χ1v) is 12.2. The molecule has 1 heterocycles. The van der Waals surface area contributed by atoms with E-state index < -0.39 is 0 Å². The molecule has 0 aliphatic carbocycles. The third kappa shape index (κ3) is 5.58. The van der Waals surface area contributed by atoms with Gasteiger partial charge < -0.3 is 38.7 Å². The van der Waals surface area contributed by atoms with Gasteiger partial charge in [0.2, 0.25) is 5.75 Å². The number of carbonyl (C=O) groups is 1. The molecule has 11 heteroatoms. The summed E-state index contributed by atoms with van der Waals surface area (Å²) in [7, 11) is 7.52. The van der Waals surface area contributed by atoms with Gasteiger partial charge in [0, 0.05) is 35.5 Å². The van der Waals surface area contributed by atoms with Crippen LogP contribution in [0.15, 0.2) is 41.2 Å². The van der Waals surface area contributed by atoms with E-state index in [1.54, 1.807) is 24.3 Å². The molecule has 0 aliphatic heterocycles. The number of nitrogens with one attached hydrogen (secondary N) is 2. The number of fused-ring (bicyclic) bond motifs is 1. The second-order valence-electron chi connectivity index (χ2n) is 8.83. The van der Waals surface area contributed by atoms with E-state index in [4.69, 9.17) is 28.4 Å². The van der Waals surface area contributed by atoms with Crippen molar-refractivity contribution in [3.63, 3.8) is 0 Å². The van der Waals surface area contributed by atoms with Gasteiger partial charge in [-0.2, -0.15) is 0 Å². The van der Waals surface area contributed by atoms with E-state index in [2.05, 4.69) is 15.3 Å². The first kappa shape index (κ1) is 28.1. The Labute approximate surface area is 231 Å². The number of H-pyrrole nitrogens is 1. The SMILES string of the molecule is COc1cc(OC)c2c(=O)[nH]c(-c3cc(C)c(OCC(=O)Nc4cc(OC)c(OC)c(OC)c4)c(C)c3)nc2c1. The second-order valence-corrected chi connectivity index (χ2v) is 8.83. The quantitative estimate of drug-likeness (QED) is 0.298. The minimum atomic E-state index is -0.374. The van der Waals surface area contributed by atoms with Crippen LogP contribution in [0.1, 0.15) is 11.1 Å². The number of aryl methyl sites for hydroxylation is 2. The van der Waals surface area contributed by atoms with Crippen LogP contribution in [-0.2, 0) is 4.79 Å². The number of aromatic nitrogens is 2. The normalized spacial score (nSPS) is 10.7. The number of benzene rings is 3. The Bertz CT molecular complexity index is 1580. The third-order valence-electron chi connectivity index (χ3n) is 6.23. The molecule has 0 saturated carbocycles. The fraction of sp³-hybridized carbons (Fsp3) is 0.276. The summed E-state index contributed by atoms with van der Waals surface area (Å²) in [6.45, 7) is 3.48. The number of hydrogen-bond donors (Lipinski definition) is 2. The number of methoxy groups -OCH3 is 5. The first-order chi connectivity index (χ1) is 19.2. The molecule has 4 rings (SSSR count).